The lowest BCUT2D eigenvalue weighted by molar-refractivity contribution is -0.139. The zero-order chi connectivity index (χ0) is 27.3. The van der Waals surface area contributed by atoms with E-state index < -0.39 is 41.7 Å². The van der Waals surface area contributed by atoms with Crippen LogP contribution < -0.4 is 10.2 Å². The van der Waals surface area contributed by atoms with Gasteiger partial charge in [-0.2, -0.15) is 13.2 Å². The first-order chi connectivity index (χ1) is 17.3. The van der Waals surface area contributed by atoms with E-state index in [1.165, 1.54) is 30.1 Å². The molecule has 2 N–H and O–H groups in total. The Morgan fingerprint density at radius 2 is 1.76 bits per heavy atom. The van der Waals surface area contributed by atoms with E-state index in [0.29, 0.717) is 36.9 Å². The summed E-state index contributed by atoms with van der Waals surface area (Å²) in [6, 6.07) is 6.94. The van der Waals surface area contributed by atoms with Gasteiger partial charge in [0.25, 0.3) is 5.91 Å². The molecule has 0 radical (unpaired) electrons. The molecular weight excluding hydrogens is 523 g/mol. The third kappa shape index (κ3) is 8.01. The lowest BCUT2D eigenvalue weighted by Crippen LogP contribution is -2.47. The van der Waals surface area contributed by atoms with Crippen molar-refractivity contribution in [2.45, 2.75) is 19.1 Å². The van der Waals surface area contributed by atoms with E-state index in [9.17, 15) is 31.5 Å². The van der Waals surface area contributed by atoms with Gasteiger partial charge in [-0.1, -0.05) is 17.7 Å². The fourth-order valence-electron chi connectivity index (χ4n) is 4.02. The first-order valence-electron chi connectivity index (χ1n) is 11.4. The minimum Gasteiger partial charge on any atom is -0.480 e. The highest BCUT2D eigenvalue weighted by Gasteiger charge is 2.29. The Kier molecular flexibility index (Phi) is 9.32. The maximum atomic E-state index is 14.8. The van der Waals surface area contributed by atoms with Gasteiger partial charge in [-0.3, -0.25) is 19.4 Å². The van der Waals surface area contributed by atoms with Gasteiger partial charge >= 0.3 is 12.1 Å². The Labute approximate surface area is 215 Å². The Morgan fingerprint density at radius 1 is 1.08 bits per heavy atom. The van der Waals surface area contributed by atoms with Crippen LogP contribution in [0.1, 0.15) is 22.3 Å². The molecule has 202 valence electrons. The van der Waals surface area contributed by atoms with E-state index in [-0.39, 0.29) is 30.9 Å². The Bertz CT molecular complexity index is 1140. The van der Waals surface area contributed by atoms with E-state index in [4.69, 9.17) is 16.7 Å². The topological polar surface area (TPSA) is 76.1 Å². The van der Waals surface area contributed by atoms with Crippen LogP contribution in [0.4, 0.5) is 33.3 Å². The maximum Gasteiger partial charge on any atom is 0.390 e. The van der Waals surface area contributed by atoms with Gasteiger partial charge in [0.1, 0.15) is 0 Å². The fraction of sp³-hybridized carbons (Fsp3) is 0.417. The molecule has 0 aliphatic carbocycles. The van der Waals surface area contributed by atoms with Crippen LogP contribution in [-0.2, 0) is 11.3 Å². The molecule has 2 aromatic carbocycles. The number of benzene rings is 2. The molecule has 0 saturated carbocycles. The van der Waals surface area contributed by atoms with E-state index in [1.54, 1.807) is 11.0 Å². The number of likely N-dealkylation sites (N-methyl/N-ethyl adjacent to an activating group) is 1. The SMILES string of the molecule is CN(CC(=O)O)Cc1ccc(C(=O)Nc2ccc(Cl)cc2N2CCN(CCC(F)(F)F)CC2)c(F)c1F. The summed E-state index contributed by atoms with van der Waals surface area (Å²) in [5, 5.41) is 11.8. The number of carbonyl (C=O) groups is 2. The number of halogens is 6. The molecule has 1 aliphatic heterocycles. The predicted molar refractivity (Wildman–Crippen MR) is 129 cm³/mol. The van der Waals surface area contributed by atoms with Gasteiger partial charge in [0.05, 0.1) is 29.9 Å². The molecule has 1 amide bonds. The minimum absolute atomic E-state index is 0.103. The van der Waals surface area contributed by atoms with Crippen molar-refractivity contribution in [3.05, 3.63) is 58.1 Å². The molecule has 0 aromatic heterocycles. The second-order valence-corrected chi connectivity index (χ2v) is 9.21. The third-order valence-electron chi connectivity index (χ3n) is 5.88. The number of hydrogen-bond donors (Lipinski definition) is 2. The van der Waals surface area contributed by atoms with Crippen LogP contribution in [0, 0.1) is 11.6 Å². The molecule has 0 spiro atoms. The first-order valence-corrected chi connectivity index (χ1v) is 11.7. The van der Waals surface area contributed by atoms with E-state index in [0.717, 1.165) is 6.07 Å². The molecule has 1 aliphatic rings. The van der Waals surface area contributed by atoms with Gasteiger partial charge in [-0.15, -0.1) is 0 Å². The minimum atomic E-state index is -4.23. The van der Waals surface area contributed by atoms with Crippen molar-refractivity contribution in [2.24, 2.45) is 0 Å². The molecular formula is C24H26ClF5N4O3. The highest BCUT2D eigenvalue weighted by atomic mass is 35.5. The Balaban J connectivity index is 1.72. The summed E-state index contributed by atoms with van der Waals surface area (Å²) >= 11 is 6.13. The number of carboxylic acids is 1. The smallest absolute Gasteiger partial charge is 0.390 e. The monoisotopic (exact) mass is 548 g/mol. The van der Waals surface area contributed by atoms with Gasteiger partial charge in [0.2, 0.25) is 0 Å². The summed E-state index contributed by atoms with van der Waals surface area (Å²) in [6.07, 6.45) is -5.13. The van der Waals surface area contributed by atoms with Gasteiger partial charge in [0.15, 0.2) is 11.6 Å². The highest BCUT2D eigenvalue weighted by molar-refractivity contribution is 6.31. The maximum absolute atomic E-state index is 14.8. The zero-order valence-corrected chi connectivity index (χ0v) is 20.7. The number of nitrogens with zero attached hydrogens (tertiary/aromatic N) is 3. The largest absolute Gasteiger partial charge is 0.480 e. The second-order valence-electron chi connectivity index (χ2n) is 8.78. The number of aliphatic carboxylic acids is 1. The van der Waals surface area contributed by atoms with E-state index in [2.05, 4.69) is 5.32 Å². The van der Waals surface area contributed by atoms with Crippen molar-refractivity contribution < 1.29 is 36.6 Å². The number of carbonyl (C=O) groups excluding carboxylic acids is 1. The highest BCUT2D eigenvalue weighted by Crippen LogP contribution is 2.31. The van der Waals surface area contributed by atoms with E-state index >= 15 is 0 Å². The Morgan fingerprint density at radius 3 is 2.38 bits per heavy atom. The number of amides is 1. The molecule has 3 rings (SSSR count). The number of rotatable bonds is 9. The summed E-state index contributed by atoms with van der Waals surface area (Å²) < 4.78 is 67.0. The lowest BCUT2D eigenvalue weighted by atomic mass is 10.1. The van der Waals surface area contributed by atoms with Crippen molar-refractivity contribution in [3.8, 4) is 0 Å². The van der Waals surface area contributed by atoms with Crippen LogP contribution in [0.15, 0.2) is 30.3 Å². The molecule has 37 heavy (non-hydrogen) atoms. The van der Waals surface area contributed by atoms with Crippen LogP contribution in [0.5, 0.6) is 0 Å². The number of hydrogen-bond acceptors (Lipinski definition) is 5. The molecule has 7 nitrogen and oxygen atoms in total. The van der Waals surface area contributed by atoms with Crippen LogP contribution >= 0.6 is 11.6 Å². The third-order valence-corrected chi connectivity index (χ3v) is 6.12. The van der Waals surface area contributed by atoms with Crippen molar-refractivity contribution in [3.63, 3.8) is 0 Å². The number of nitrogens with one attached hydrogen (secondary N) is 1. The average Bonchev–Trinajstić information content (AvgIpc) is 2.81. The molecule has 0 bridgehead atoms. The molecule has 1 fully saturated rings. The number of anilines is 2. The lowest BCUT2D eigenvalue weighted by Gasteiger charge is -2.37. The molecule has 1 saturated heterocycles. The summed E-state index contributed by atoms with van der Waals surface area (Å²) in [5.41, 5.74) is 0.140. The van der Waals surface area contributed by atoms with Crippen LogP contribution in [0.25, 0.3) is 0 Å². The van der Waals surface area contributed by atoms with Crippen molar-refractivity contribution >= 4 is 34.9 Å². The van der Waals surface area contributed by atoms with Crippen LogP contribution in [-0.4, -0.2) is 79.3 Å². The quantitative estimate of drug-likeness (QED) is 0.451. The summed E-state index contributed by atoms with van der Waals surface area (Å²) in [4.78, 5) is 28.5. The van der Waals surface area contributed by atoms with Crippen molar-refractivity contribution in [1.29, 1.82) is 0 Å². The van der Waals surface area contributed by atoms with Crippen LogP contribution in [0.3, 0.4) is 0 Å². The van der Waals surface area contributed by atoms with Gasteiger partial charge in [0, 0.05) is 49.9 Å². The van der Waals surface area contributed by atoms with Gasteiger partial charge in [-0.25, -0.2) is 8.78 Å². The number of carboxylic acid groups (broad SMARTS) is 1. The standard InChI is InChI=1S/C24H26ClF5N4O3/c1-32(14-20(35)36)13-15-2-4-17(22(27)21(15)26)23(37)31-18-5-3-16(25)12-19(18)34-10-8-33(9-11-34)7-6-24(28,29)30/h2-5,12H,6-11,13-14H2,1H3,(H,31,37)(H,35,36). The Hall–Kier alpha value is -2.96. The van der Waals surface area contributed by atoms with Gasteiger partial charge < -0.3 is 15.3 Å². The predicted octanol–water partition coefficient (Wildman–Crippen LogP) is 4.46. The fourth-order valence-corrected chi connectivity index (χ4v) is 4.19. The zero-order valence-electron chi connectivity index (χ0n) is 19.9. The first kappa shape index (κ1) is 28.6. The second kappa shape index (κ2) is 12.1. The molecule has 2 aromatic rings. The molecule has 0 atom stereocenters. The number of piperazine rings is 1. The summed E-state index contributed by atoms with van der Waals surface area (Å²) in [7, 11) is 1.43. The van der Waals surface area contributed by atoms with Crippen molar-refractivity contribution in [1.82, 2.24) is 9.80 Å². The molecule has 0 unspecified atom stereocenters. The molecule has 1 heterocycles. The number of alkyl halides is 3. The van der Waals surface area contributed by atoms with Crippen molar-refractivity contribution in [2.75, 3.05) is 56.5 Å². The van der Waals surface area contributed by atoms with Crippen LogP contribution in [0.2, 0.25) is 5.02 Å². The molecule has 13 heteroatoms. The average molecular weight is 549 g/mol. The van der Waals surface area contributed by atoms with Gasteiger partial charge in [-0.05, 0) is 31.3 Å². The summed E-state index contributed by atoms with van der Waals surface area (Å²) in [5.74, 6) is -4.65. The normalized spacial score (nSPS) is 14.8. The van der Waals surface area contributed by atoms with E-state index in [1.807, 2.05) is 4.90 Å². The summed E-state index contributed by atoms with van der Waals surface area (Å²) in [6.45, 7) is 0.836.